The zero-order valence-corrected chi connectivity index (χ0v) is 15.2. The van der Waals surface area contributed by atoms with Crippen LogP contribution < -0.4 is 20.9 Å². The van der Waals surface area contributed by atoms with Crippen molar-refractivity contribution in [3.8, 4) is 6.07 Å². The van der Waals surface area contributed by atoms with Crippen LogP contribution in [0, 0.1) is 11.3 Å². The summed E-state index contributed by atoms with van der Waals surface area (Å²) in [6.07, 6.45) is 3.55. The zero-order chi connectivity index (χ0) is 19.0. The zero-order valence-electron chi connectivity index (χ0n) is 15.2. The molecule has 4 rings (SSSR count). The van der Waals surface area contributed by atoms with Gasteiger partial charge in [-0.15, -0.1) is 0 Å². The number of aromatic nitrogens is 4. The first-order valence-corrected chi connectivity index (χ1v) is 9.04. The molecule has 1 atom stereocenters. The van der Waals surface area contributed by atoms with E-state index >= 15 is 0 Å². The maximum atomic E-state index is 13.2. The van der Waals surface area contributed by atoms with Crippen molar-refractivity contribution < 1.29 is 4.57 Å². The molecule has 27 heavy (non-hydrogen) atoms. The number of nitrogens with one attached hydrogen (secondary N) is 1. The summed E-state index contributed by atoms with van der Waals surface area (Å²) in [6, 6.07) is 9.64. The van der Waals surface area contributed by atoms with E-state index in [0.717, 1.165) is 36.3 Å². The Kier molecular flexibility index (Phi) is 4.38. The van der Waals surface area contributed by atoms with Crippen LogP contribution in [0.15, 0.2) is 35.4 Å². The number of anilines is 1. The number of nitrogens with two attached hydrogens (primary N) is 1. The van der Waals surface area contributed by atoms with Crippen LogP contribution in [0.4, 0.5) is 5.82 Å². The van der Waals surface area contributed by atoms with Gasteiger partial charge in [0.2, 0.25) is 5.65 Å². The van der Waals surface area contributed by atoms with Crippen LogP contribution in [0.25, 0.3) is 11.2 Å². The van der Waals surface area contributed by atoms with Crippen molar-refractivity contribution in [1.29, 1.82) is 5.26 Å². The minimum Gasteiger partial charge on any atom is -0.337 e. The number of nitriles is 1. The Morgan fingerprint density at radius 1 is 1.44 bits per heavy atom. The summed E-state index contributed by atoms with van der Waals surface area (Å²) in [6.45, 7) is 1.82. The van der Waals surface area contributed by atoms with Gasteiger partial charge in [0.15, 0.2) is 5.52 Å². The molecule has 138 valence electrons. The average Bonchev–Trinajstić information content (AvgIpc) is 3.16. The van der Waals surface area contributed by atoms with E-state index in [9.17, 15) is 10.1 Å². The third kappa shape index (κ3) is 2.96. The summed E-state index contributed by atoms with van der Waals surface area (Å²) in [4.78, 5) is 22.8. The fourth-order valence-electron chi connectivity index (χ4n) is 3.81. The second kappa shape index (κ2) is 6.85. The first-order chi connectivity index (χ1) is 13.1. The number of fused-ring (bicyclic) bond motifs is 1. The van der Waals surface area contributed by atoms with E-state index in [1.807, 2.05) is 18.2 Å². The van der Waals surface area contributed by atoms with E-state index in [-0.39, 0.29) is 11.7 Å². The lowest BCUT2D eigenvalue weighted by atomic mass is 10.1. The first kappa shape index (κ1) is 17.2. The molecule has 1 aliphatic heterocycles. The minimum atomic E-state index is -0.170. The normalized spacial score (nSPS) is 17.2. The smallest absolute Gasteiger partial charge is 0.337 e. The molecule has 8 nitrogen and oxygen atoms in total. The maximum absolute atomic E-state index is 13.2. The van der Waals surface area contributed by atoms with Crippen LogP contribution in [0.1, 0.15) is 24.0 Å². The summed E-state index contributed by atoms with van der Waals surface area (Å²) < 4.78 is 3.25. The minimum absolute atomic E-state index is 0.0700. The van der Waals surface area contributed by atoms with Gasteiger partial charge in [0.05, 0.1) is 38.1 Å². The number of nitrogens with zero attached hydrogens (tertiary/aromatic N) is 5. The van der Waals surface area contributed by atoms with Crippen molar-refractivity contribution in [1.82, 2.24) is 14.5 Å². The van der Waals surface area contributed by atoms with E-state index in [0.29, 0.717) is 24.3 Å². The van der Waals surface area contributed by atoms with E-state index in [1.165, 1.54) is 4.57 Å². The molecule has 8 heteroatoms. The molecule has 3 heterocycles. The molecule has 0 amide bonds. The third-order valence-corrected chi connectivity index (χ3v) is 5.16. The van der Waals surface area contributed by atoms with Crippen molar-refractivity contribution in [2.24, 2.45) is 12.8 Å². The molecular weight excluding hydrogens is 342 g/mol. The monoisotopic (exact) mass is 364 g/mol. The van der Waals surface area contributed by atoms with Gasteiger partial charge < -0.3 is 10.7 Å². The Hall–Kier alpha value is -3.18. The van der Waals surface area contributed by atoms with Gasteiger partial charge in [0, 0.05) is 11.6 Å². The molecule has 0 unspecified atom stereocenters. The van der Waals surface area contributed by atoms with Crippen molar-refractivity contribution in [3.05, 3.63) is 52.2 Å². The average molecular weight is 364 g/mol. The number of imidazole rings is 1. The van der Waals surface area contributed by atoms with Gasteiger partial charge in [-0.3, -0.25) is 4.90 Å². The Morgan fingerprint density at radius 2 is 2.26 bits per heavy atom. The predicted molar refractivity (Wildman–Crippen MR) is 101 cm³/mol. The number of hydrogen-bond donors (Lipinski definition) is 2. The maximum Gasteiger partial charge on any atom is 0.445 e. The molecule has 3 aromatic rings. The third-order valence-electron chi connectivity index (χ3n) is 5.16. The highest BCUT2D eigenvalue weighted by molar-refractivity contribution is 5.81. The fraction of sp³-hybridized carbons (Fsp3) is 0.368. The fourth-order valence-corrected chi connectivity index (χ4v) is 3.81. The number of piperidine rings is 1. The van der Waals surface area contributed by atoms with E-state index in [1.54, 1.807) is 24.0 Å². The number of rotatable bonds is 3. The largest absolute Gasteiger partial charge is 0.445 e. The summed E-state index contributed by atoms with van der Waals surface area (Å²) in [5.74, 6) is 0.786. The van der Waals surface area contributed by atoms with Crippen LogP contribution >= 0.6 is 0 Å². The highest BCUT2D eigenvalue weighted by Gasteiger charge is 2.31. The van der Waals surface area contributed by atoms with E-state index < -0.39 is 0 Å². The Morgan fingerprint density at radius 3 is 3.04 bits per heavy atom. The molecule has 1 fully saturated rings. The number of aromatic amines is 1. The van der Waals surface area contributed by atoms with Gasteiger partial charge in [0.1, 0.15) is 6.54 Å². The molecular formula is C19H22N7O+. The molecule has 3 N–H and O–H groups in total. The van der Waals surface area contributed by atoms with Crippen molar-refractivity contribution >= 4 is 17.0 Å². The van der Waals surface area contributed by atoms with Gasteiger partial charge >= 0.3 is 5.69 Å². The van der Waals surface area contributed by atoms with E-state index in [2.05, 4.69) is 20.9 Å². The molecule has 1 saturated heterocycles. The van der Waals surface area contributed by atoms with Crippen LogP contribution in [-0.2, 0) is 13.6 Å². The van der Waals surface area contributed by atoms with Gasteiger partial charge in [-0.25, -0.2) is 14.3 Å². The standard InChI is InChI=1S/C19H21N7O/c1-24-17-16(22-12-23-17)18(25-8-4-7-15(21)11-25)26(19(24)27)10-14-6-3-2-5-13(14)9-20/h2-3,5-6,12,15H,4,7-8,10-11,21H2,1H3/p+1/t15-/m1/s1. The van der Waals surface area contributed by atoms with Crippen LogP contribution in [-0.4, -0.2) is 33.7 Å². The van der Waals surface area contributed by atoms with Crippen LogP contribution in [0.2, 0.25) is 0 Å². The number of hydrogen-bond acceptors (Lipinski definition) is 5. The lowest BCUT2D eigenvalue weighted by molar-refractivity contribution is -0.693. The van der Waals surface area contributed by atoms with Crippen molar-refractivity contribution in [2.45, 2.75) is 25.4 Å². The van der Waals surface area contributed by atoms with Crippen molar-refractivity contribution in [2.75, 3.05) is 18.0 Å². The Balaban J connectivity index is 1.93. The SMILES string of the molecule is Cn1c(=O)[n+](Cc2ccccc2C#N)c(N2CCC[C@@H](N)C2)c2[nH]cnc21. The lowest BCUT2D eigenvalue weighted by Gasteiger charge is -2.29. The predicted octanol–water partition coefficient (Wildman–Crippen LogP) is 0.397. The molecule has 0 radical (unpaired) electrons. The summed E-state index contributed by atoms with van der Waals surface area (Å²) in [7, 11) is 1.71. The molecule has 0 spiro atoms. The molecule has 1 aromatic carbocycles. The Labute approximate surface area is 156 Å². The summed E-state index contributed by atoms with van der Waals surface area (Å²) in [5, 5.41) is 9.43. The topological polar surface area (TPSA) is 108 Å². The summed E-state index contributed by atoms with van der Waals surface area (Å²) >= 11 is 0. The van der Waals surface area contributed by atoms with Gasteiger partial charge in [-0.2, -0.15) is 9.83 Å². The number of aryl methyl sites for hydroxylation is 1. The quantitative estimate of drug-likeness (QED) is 0.654. The van der Waals surface area contributed by atoms with Crippen molar-refractivity contribution in [3.63, 3.8) is 0 Å². The van der Waals surface area contributed by atoms with Gasteiger partial charge in [0.25, 0.3) is 5.82 Å². The second-order valence-corrected chi connectivity index (χ2v) is 6.97. The summed E-state index contributed by atoms with van der Waals surface area (Å²) in [5.41, 5.74) is 8.82. The van der Waals surface area contributed by atoms with Crippen LogP contribution in [0.5, 0.6) is 0 Å². The highest BCUT2D eigenvalue weighted by atomic mass is 16.1. The Bertz CT molecular complexity index is 1090. The lowest BCUT2D eigenvalue weighted by Crippen LogP contribution is -2.59. The molecule has 0 bridgehead atoms. The second-order valence-electron chi connectivity index (χ2n) is 6.97. The van der Waals surface area contributed by atoms with Gasteiger partial charge in [-0.1, -0.05) is 18.2 Å². The molecule has 0 aliphatic carbocycles. The molecule has 2 aromatic heterocycles. The molecule has 0 saturated carbocycles. The van der Waals surface area contributed by atoms with E-state index in [4.69, 9.17) is 5.73 Å². The highest BCUT2D eigenvalue weighted by Crippen LogP contribution is 2.22. The van der Waals surface area contributed by atoms with Gasteiger partial charge in [-0.05, 0) is 18.9 Å². The van der Waals surface area contributed by atoms with Crippen LogP contribution in [0.3, 0.4) is 0 Å². The molecule has 1 aliphatic rings. The number of benzene rings is 1. The number of H-pyrrole nitrogens is 1. The first-order valence-electron chi connectivity index (χ1n) is 9.04.